The number of nitrogens with zero attached hydrogens (tertiary/aromatic N) is 3. The number of benzene rings is 1. The van der Waals surface area contributed by atoms with Crippen LogP contribution in [-0.2, 0) is 25.6 Å². The highest BCUT2D eigenvalue weighted by Gasteiger charge is 2.40. The summed E-state index contributed by atoms with van der Waals surface area (Å²) >= 11 is 0. The quantitative estimate of drug-likeness (QED) is 0.372. The van der Waals surface area contributed by atoms with Crippen molar-refractivity contribution >= 4 is 24.0 Å². The molecule has 1 fully saturated rings. The van der Waals surface area contributed by atoms with Gasteiger partial charge in [0.15, 0.2) is 0 Å². The van der Waals surface area contributed by atoms with E-state index in [9.17, 15) is 19.2 Å². The molecule has 0 saturated carbocycles. The van der Waals surface area contributed by atoms with E-state index in [1.807, 2.05) is 56.0 Å². The van der Waals surface area contributed by atoms with Crippen molar-refractivity contribution in [3.05, 3.63) is 47.7 Å². The normalized spacial score (nSPS) is 28.3. The summed E-state index contributed by atoms with van der Waals surface area (Å²) in [5.74, 6) is -0.306. The van der Waals surface area contributed by atoms with Gasteiger partial charge in [0.25, 0.3) is 0 Å². The Balaban J connectivity index is 1.68. The van der Waals surface area contributed by atoms with Gasteiger partial charge in [0, 0.05) is 13.0 Å². The number of amides is 3. The molecule has 1 unspecified atom stereocenters. The van der Waals surface area contributed by atoms with Gasteiger partial charge in [-0.15, -0.1) is 10.2 Å². The average molecular weight is 582 g/mol. The number of carbonyl (C=O) groups is 4. The van der Waals surface area contributed by atoms with Gasteiger partial charge in [-0.1, -0.05) is 51.1 Å². The van der Waals surface area contributed by atoms with Crippen molar-refractivity contribution in [3.8, 4) is 0 Å². The number of hydrogen-bond donors (Lipinski definition) is 4. The summed E-state index contributed by atoms with van der Waals surface area (Å²) in [6.07, 6.45) is 3.55. The van der Waals surface area contributed by atoms with Crippen molar-refractivity contribution in [2.24, 2.45) is 5.92 Å². The molecule has 4 rings (SSSR count). The van der Waals surface area contributed by atoms with Crippen molar-refractivity contribution in [2.75, 3.05) is 19.6 Å². The maximum atomic E-state index is 13.4. The SMILES string of the molecule is CCC1c2nnc(o2)[C@H](Cc2ccccc2)NC(=O)CNC[C@](C=O)(CC(C)C)NC(=O)[C@H](C)NC(=O)[C@@H]2CCCN12. The zero-order chi connectivity index (χ0) is 30.3. The lowest BCUT2D eigenvalue weighted by atomic mass is 9.89. The molecule has 3 heterocycles. The van der Waals surface area contributed by atoms with Crippen molar-refractivity contribution in [1.82, 2.24) is 36.4 Å². The minimum Gasteiger partial charge on any atom is -0.421 e. The molecule has 12 heteroatoms. The second kappa shape index (κ2) is 14.0. The van der Waals surface area contributed by atoms with Crippen molar-refractivity contribution in [3.63, 3.8) is 0 Å². The van der Waals surface area contributed by atoms with E-state index in [1.165, 1.54) is 0 Å². The Hall–Kier alpha value is -3.64. The van der Waals surface area contributed by atoms with E-state index in [4.69, 9.17) is 4.42 Å². The number of carbonyl (C=O) groups excluding carboxylic acids is 4. The standard InChI is InChI=1S/C30H43N7O5/c1-5-23-29-36-35-28(42-29)22(14-21-10-7-6-8-11-21)33-25(39)16-31-17-30(18-38,15-19(2)3)34-26(40)20(4)32-27(41)24-12-9-13-37(23)24/h6-8,10-11,18-20,22-24,31H,5,9,12-17H2,1-4H3,(H,32,41)(H,33,39)(H,34,40)/t20-,22-,23?,24-,30-/m0/s1. The van der Waals surface area contributed by atoms with Gasteiger partial charge in [0.05, 0.1) is 18.6 Å². The van der Waals surface area contributed by atoms with Crippen LogP contribution < -0.4 is 21.3 Å². The minimum absolute atomic E-state index is 0.0388. The molecular formula is C30H43N7O5. The molecule has 5 atom stereocenters. The maximum absolute atomic E-state index is 13.4. The summed E-state index contributed by atoms with van der Waals surface area (Å²) in [6, 6.07) is 7.44. The largest absolute Gasteiger partial charge is 0.421 e. The smallest absolute Gasteiger partial charge is 0.243 e. The molecule has 0 radical (unpaired) electrons. The first-order valence-electron chi connectivity index (χ1n) is 14.9. The molecule has 2 aromatic rings. The lowest BCUT2D eigenvalue weighted by molar-refractivity contribution is -0.133. The number of hydrogen-bond acceptors (Lipinski definition) is 9. The molecule has 2 bridgehead atoms. The Morgan fingerprint density at radius 2 is 1.83 bits per heavy atom. The number of nitrogens with one attached hydrogen (secondary N) is 4. The molecule has 1 aromatic carbocycles. The zero-order valence-corrected chi connectivity index (χ0v) is 24.9. The van der Waals surface area contributed by atoms with Gasteiger partial charge >= 0.3 is 0 Å². The van der Waals surface area contributed by atoms with Crippen LogP contribution in [0.2, 0.25) is 0 Å². The third kappa shape index (κ3) is 7.60. The molecule has 1 saturated heterocycles. The zero-order valence-electron chi connectivity index (χ0n) is 24.9. The molecule has 1 aromatic heterocycles. The Bertz CT molecular complexity index is 1240. The summed E-state index contributed by atoms with van der Waals surface area (Å²) in [4.78, 5) is 54.3. The van der Waals surface area contributed by atoms with Crippen LogP contribution in [0.1, 0.15) is 82.8 Å². The van der Waals surface area contributed by atoms with Crippen LogP contribution in [0.3, 0.4) is 0 Å². The second-order valence-electron chi connectivity index (χ2n) is 11.8. The summed E-state index contributed by atoms with van der Waals surface area (Å²) in [5.41, 5.74) is -0.275. The van der Waals surface area contributed by atoms with Crippen LogP contribution in [0.4, 0.5) is 0 Å². The molecule has 3 amide bonds. The third-order valence-electron chi connectivity index (χ3n) is 7.89. The van der Waals surface area contributed by atoms with Gasteiger partial charge in [0.2, 0.25) is 29.5 Å². The Morgan fingerprint density at radius 3 is 2.52 bits per heavy atom. The highest BCUT2D eigenvalue weighted by Crippen LogP contribution is 2.32. The van der Waals surface area contributed by atoms with Crippen molar-refractivity contribution < 1.29 is 23.6 Å². The van der Waals surface area contributed by atoms with Gasteiger partial charge in [-0.05, 0) is 50.6 Å². The van der Waals surface area contributed by atoms with Gasteiger partial charge in [-0.3, -0.25) is 19.3 Å². The van der Waals surface area contributed by atoms with Crippen LogP contribution >= 0.6 is 0 Å². The van der Waals surface area contributed by atoms with E-state index < -0.39 is 29.6 Å². The Labute approximate surface area is 246 Å². The first kappa shape index (κ1) is 31.3. The molecule has 4 N–H and O–H groups in total. The third-order valence-corrected chi connectivity index (χ3v) is 7.89. The fraction of sp³-hybridized carbons (Fsp3) is 0.600. The van der Waals surface area contributed by atoms with E-state index in [1.54, 1.807) is 6.92 Å². The highest BCUT2D eigenvalue weighted by atomic mass is 16.4. The number of aldehydes is 1. The molecule has 12 nitrogen and oxygen atoms in total. The number of rotatable bonds is 6. The summed E-state index contributed by atoms with van der Waals surface area (Å²) in [6.45, 7) is 8.09. The lowest BCUT2D eigenvalue weighted by Gasteiger charge is -2.33. The average Bonchev–Trinajstić information content (AvgIpc) is 3.64. The minimum atomic E-state index is -1.26. The molecule has 0 spiro atoms. The first-order valence-corrected chi connectivity index (χ1v) is 14.9. The number of fused-ring (bicyclic) bond motifs is 3. The van der Waals surface area contributed by atoms with E-state index in [-0.39, 0.29) is 42.8 Å². The van der Waals surface area contributed by atoms with Gasteiger partial charge in [0.1, 0.15) is 23.9 Å². The summed E-state index contributed by atoms with van der Waals surface area (Å²) in [5, 5.41) is 20.4. The van der Waals surface area contributed by atoms with Gasteiger partial charge in [-0.2, -0.15) is 0 Å². The van der Waals surface area contributed by atoms with Crippen LogP contribution in [0, 0.1) is 5.92 Å². The second-order valence-corrected chi connectivity index (χ2v) is 11.8. The van der Waals surface area contributed by atoms with Crippen LogP contribution in [0.25, 0.3) is 0 Å². The van der Waals surface area contributed by atoms with Gasteiger partial charge in [-0.25, -0.2) is 0 Å². The van der Waals surface area contributed by atoms with E-state index in [0.717, 1.165) is 12.0 Å². The summed E-state index contributed by atoms with van der Waals surface area (Å²) in [7, 11) is 0. The fourth-order valence-corrected chi connectivity index (χ4v) is 5.95. The predicted molar refractivity (Wildman–Crippen MR) is 155 cm³/mol. The molecule has 228 valence electrons. The molecule has 42 heavy (non-hydrogen) atoms. The van der Waals surface area contributed by atoms with Crippen LogP contribution in [0.15, 0.2) is 34.7 Å². The van der Waals surface area contributed by atoms with Gasteiger partial charge < -0.3 is 30.5 Å². The van der Waals surface area contributed by atoms with E-state index >= 15 is 0 Å². The van der Waals surface area contributed by atoms with E-state index in [0.29, 0.717) is 44.4 Å². The molecule has 2 aliphatic rings. The maximum Gasteiger partial charge on any atom is 0.243 e. The first-order chi connectivity index (χ1) is 20.1. The predicted octanol–water partition coefficient (Wildman–Crippen LogP) is 1.59. The van der Waals surface area contributed by atoms with Crippen molar-refractivity contribution in [1.29, 1.82) is 0 Å². The Kier molecular flexibility index (Phi) is 10.4. The Morgan fingerprint density at radius 1 is 1.10 bits per heavy atom. The summed E-state index contributed by atoms with van der Waals surface area (Å²) < 4.78 is 6.20. The topological polar surface area (TPSA) is 159 Å². The monoisotopic (exact) mass is 581 g/mol. The molecular weight excluding hydrogens is 538 g/mol. The van der Waals surface area contributed by atoms with Crippen LogP contribution in [-0.4, -0.2) is 76.4 Å². The number of aromatic nitrogens is 2. The van der Waals surface area contributed by atoms with E-state index in [2.05, 4.69) is 31.5 Å². The van der Waals surface area contributed by atoms with Crippen molar-refractivity contribution in [2.45, 2.75) is 89.5 Å². The lowest BCUT2D eigenvalue weighted by Crippen LogP contribution is -2.61. The molecule has 2 aliphatic heterocycles. The molecule has 0 aliphatic carbocycles. The highest BCUT2D eigenvalue weighted by molar-refractivity contribution is 5.91. The fourth-order valence-electron chi connectivity index (χ4n) is 5.95. The van der Waals surface area contributed by atoms with Crippen LogP contribution in [0.5, 0.6) is 0 Å².